The Bertz CT molecular complexity index is 314. The third-order valence-corrected chi connectivity index (χ3v) is 1.33. The first-order chi connectivity index (χ1) is 5.65. The summed E-state index contributed by atoms with van der Waals surface area (Å²) in [6.45, 7) is 0. The summed E-state index contributed by atoms with van der Waals surface area (Å²) >= 11 is 0. The number of hydrazine groups is 1. The first-order valence-corrected chi connectivity index (χ1v) is 3.14. The van der Waals surface area contributed by atoms with E-state index in [-0.39, 0.29) is 11.3 Å². The number of carbonyl (C=O) groups excluding carboxylic acids is 1. The van der Waals surface area contributed by atoms with Crippen molar-refractivity contribution in [2.75, 3.05) is 0 Å². The molecule has 1 amide bonds. The highest BCUT2D eigenvalue weighted by atomic mass is 19.1. The monoisotopic (exact) mass is 170 g/mol. The van der Waals surface area contributed by atoms with Crippen LogP contribution in [-0.4, -0.2) is 11.0 Å². The van der Waals surface area contributed by atoms with Crippen LogP contribution >= 0.6 is 0 Å². The summed E-state index contributed by atoms with van der Waals surface area (Å²) in [5, 5.41) is 9.05. The van der Waals surface area contributed by atoms with Gasteiger partial charge in [-0.3, -0.25) is 10.2 Å². The summed E-state index contributed by atoms with van der Waals surface area (Å²) < 4.78 is 12.5. The lowest BCUT2D eigenvalue weighted by atomic mass is 10.2. The highest BCUT2D eigenvalue weighted by Crippen LogP contribution is 2.16. The quantitative estimate of drug-likeness (QED) is 0.318. The van der Waals surface area contributed by atoms with Crippen LogP contribution in [0.25, 0.3) is 0 Å². The number of nitrogen functional groups attached to an aromatic ring is 1. The number of phenolic OH excluding ortho intramolecular Hbond substituents is 1. The van der Waals surface area contributed by atoms with Crippen molar-refractivity contribution in [2.45, 2.75) is 0 Å². The van der Waals surface area contributed by atoms with E-state index in [0.717, 1.165) is 18.2 Å². The van der Waals surface area contributed by atoms with E-state index in [1.165, 1.54) is 0 Å². The lowest BCUT2D eigenvalue weighted by Crippen LogP contribution is -2.30. The van der Waals surface area contributed by atoms with Gasteiger partial charge in [-0.05, 0) is 18.2 Å². The minimum atomic E-state index is -0.730. The van der Waals surface area contributed by atoms with Gasteiger partial charge in [-0.1, -0.05) is 0 Å². The highest BCUT2D eigenvalue weighted by molar-refractivity contribution is 5.96. The number of hydrogen-bond donors (Lipinski definition) is 3. The number of nitrogens with two attached hydrogens (primary N) is 1. The predicted molar refractivity (Wildman–Crippen MR) is 39.7 cm³/mol. The van der Waals surface area contributed by atoms with Crippen LogP contribution in [0.1, 0.15) is 10.4 Å². The molecule has 0 bridgehead atoms. The van der Waals surface area contributed by atoms with Crippen LogP contribution in [0.15, 0.2) is 18.2 Å². The maximum Gasteiger partial charge on any atom is 0.269 e. The molecular formula is C7H7FN2O2. The van der Waals surface area contributed by atoms with Crippen LogP contribution in [0.3, 0.4) is 0 Å². The summed E-state index contributed by atoms with van der Waals surface area (Å²) in [7, 11) is 0. The Morgan fingerprint density at radius 3 is 2.83 bits per heavy atom. The van der Waals surface area contributed by atoms with Gasteiger partial charge < -0.3 is 5.11 Å². The van der Waals surface area contributed by atoms with Crippen molar-refractivity contribution in [2.24, 2.45) is 5.84 Å². The summed E-state index contributed by atoms with van der Waals surface area (Å²) in [6.07, 6.45) is 0. The molecule has 0 saturated heterocycles. The molecule has 0 aliphatic rings. The summed E-state index contributed by atoms with van der Waals surface area (Å²) in [6, 6.07) is 3.03. The molecule has 1 rings (SSSR count). The molecule has 0 radical (unpaired) electrons. The van der Waals surface area contributed by atoms with E-state index < -0.39 is 11.7 Å². The van der Waals surface area contributed by atoms with Gasteiger partial charge in [-0.25, -0.2) is 10.2 Å². The van der Waals surface area contributed by atoms with Crippen LogP contribution < -0.4 is 11.3 Å². The number of benzene rings is 1. The van der Waals surface area contributed by atoms with Crippen molar-refractivity contribution >= 4 is 5.91 Å². The zero-order valence-corrected chi connectivity index (χ0v) is 6.04. The molecule has 0 unspecified atom stereocenters. The van der Waals surface area contributed by atoms with E-state index in [0.29, 0.717) is 0 Å². The van der Waals surface area contributed by atoms with Crippen LogP contribution in [-0.2, 0) is 0 Å². The molecule has 64 valence electrons. The second-order valence-electron chi connectivity index (χ2n) is 2.13. The fraction of sp³-hybridized carbons (Fsp3) is 0. The van der Waals surface area contributed by atoms with Crippen LogP contribution in [0.5, 0.6) is 5.75 Å². The Morgan fingerprint density at radius 1 is 1.58 bits per heavy atom. The number of nitrogens with one attached hydrogen (secondary N) is 1. The van der Waals surface area contributed by atoms with Crippen molar-refractivity contribution in [3.05, 3.63) is 29.6 Å². The lowest BCUT2D eigenvalue weighted by Gasteiger charge is -2.01. The molecule has 0 aliphatic carbocycles. The number of amides is 1. The van der Waals surface area contributed by atoms with Gasteiger partial charge in [-0.15, -0.1) is 0 Å². The average Bonchev–Trinajstić information content (AvgIpc) is 2.08. The molecular weight excluding hydrogens is 163 g/mol. The second-order valence-corrected chi connectivity index (χ2v) is 2.13. The molecule has 1 aromatic rings. The predicted octanol–water partition coefficient (Wildman–Crippen LogP) is 0.135. The van der Waals surface area contributed by atoms with E-state index in [4.69, 9.17) is 10.9 Å². The summed E-state index contributed by atoms with van der Waals surface area (Å²) in [4.78, 5) is 10.8. The number of carbonyl (C=O) groups is 1. The normalized spacial score (nSPS) is 9.50. The lowest BCUT2D eigenvalue weighted by molar-refractivity contribution is 0.0950. The van der Waals surface area contributed by atoms with Crippen LogP contribution in [0, 0.1) is 5.82 Å². The molecule has 0 atom stereocenters. The van der Waals surface area contributed by atoms with E-state index >= 15 is 0 Å². The maximum atomic E-state index is 12.5. The van der Waals surface area contributed by atoms with Gasteiger partial charge in [0.1, 0.15) is 11.6 Å². The maximum absolute atomic E-state index is 12.5. The fourth-order valence-electron chi connectivity index (χ4n) is 0.768. The van der Waals surface area contributed by atoms with Crippen LogP contribution in [0.2, 0.25) is 0 Å². The van der Waals surface area contributed by atoms with Crippen molar-refractivity contribution < 1.29 is 14.3 Å². The molecule has 0 spiro atoms. The molecule has 0 fully saturated rings. The van der Waals surface area contributed by atoms with E-state index in [2.05, 4.69) is 0 Å². The van der Waals surface area contributed by atoms with Gasteiger partial charge >= 0.3 is 0 Å². The average molecular weight is 170 g/mol. The molecule has 12 heavy (non-hydrogen) atoms. The first-order valence-electron chi connectivity index (χ1n) is 3.14. The standard InChI is InChI=1S/C7H7FN2O2/c8-4-1-2-6(11)5(3-4)7(12)10-9/h1-3,11H,9H2,(H,10,12). The SMILES string of the molecule is NNC(=O)c1cc(F)ccc1O. The Kier molecular flexibility index (Phi) is 2.25. The number of aromatic hydroxyl groups is 1. The minimum Gasteiger partial charge on any atom is -0.507 e. The van der Waals surface area contributed by atoms with Gasteiger partial charge in [0.15, 0.2) is 0 Å². The van der Waals surface area contributed by atoms with E-state index in [1.54, 1.807) is 5.43 Å². The highest BCUT2D eigenvalue weighted by Gasteiger charge is 2.09. The Morgan fingerprint density at radius 2 is 2.25 bits per heavy atom. The van der Waals surface area contributed by atoms with Gasteiger partial charge in [0.25, 0.3) is 5.91 Å². The Balaban J connectivity index is 3.13. The number of hydrogen-bond acceptors (Lipinski definition) is 3. The second kappa shape index (κ2) is 3.19. The van der Waals surface area contributed by atoms with E-state index in [9.17, 15) is 9.18 Å². The fourth-order valence-corrected chi connectivity index (χ4v) is 0.768. The number of phenols is 1. The third-order valence-electron chi connectivity index (χ3n) is 1.33. The van der Waals surface area contributed by atoms with Crippen LogP contribution in [0.4, 0.5) is 4.39 Å². The molecule has 5 heteroatoms. The Hall–Kier alpha value is -1.62. The zero-order valence-electron chi connectivity index (χ0n) is 6.04. The minimum absolute atomic E-state index is 0.183. The molecule has 0 aliphatic heterocycles. The van der Waals surface area contributed by atoms with Gasteiger partial charge in [-0.2, -0.15) is 0 Å². The first kappa shape index (κ1) is 8.48. The third kappa shape index (κ3) is 1.51. The summed E-state index contributed by atoms with van der Waals surface area (Å²) in [5.41, 5.74) is 1.60. The van der Waals surface area contributed by atoms with Crippen molar-refractivity contribution in [1.82, 2.24) is 5.43 Å². The Labute approximate surface area is 67.8 Å². The molecule has 1 aromatic carbocycles. The van der Waals surface area contributed by atoms with E-state index in [1.807, 2.05) is 0 Å². The number of halogens is 1. The zero-order chi connectivity index (χ0) is 9.14. The molecule has 0 heterocycles. The van der Waals surface area contributed by atoms with Crippen molar-refractivity contribution in [3.8, 4) is 5.75 Å². The molecule has 4 nitrogen and oxygen atoms in total. The molecule has 4 N–H and O–H groups in total. The van der Waals surface area contributed by atoms with Crippen molar-refractivity contribution in [3.63, 3.8) is 0 Å². The molecule has 0 aromatic heterocycles. The van der Waals surface area contributed by atoms with Gasteiger partial charge in [0, 0.05) is 0 Å². The van der Waals surface area contributed by atoms with Gasteiger partial charge in [0.2, 0.25) is 0 Å². The molecule has 0 saturated carbocycles. The number of rotatable bonds is 1. The largest absolute Gasteiger partial charge is 0.507 e. The smallest absolute Gasteiger partial charge is 0.269 e. The topological polar surface area (TPSA) is 75.3 Å². The van der Waals surface area contributed by atoms with Gasteiger partial charge in [0.05, 0.1) is 5.56 Å². The van der Waals surface area contributed by atoms with Crippen molar-refractivity contribution in [1.29, 1.82) is 0 Å². The summed E-state index contributed by atoms with van der Waals surface area (Å²) in [5.74, 6) is 3.15.